The molecule has 1 aliphatic carbocycles. The number of fused-ring (bicyclic) bond motifs is 1. The summed E-state index contributed by atoms with van der Waals surface area (Å²) >= 11 is 0. The fourth-order valence-corrected chi connectivity index (χ4v) is 3.56. The predicted octanol–water partition coefficient (Wildman–Crippen LogP) is 2.28. The summed E-state index contributed by atoms with van der Waals surface area (Å²) in [5.74, 6) is 1.16. The fraction of sp³-hybridized carbons (Fsp3) is 0.588. The predicted molar refractivity (Wildman–Crippen MR) is 93.3 cm³/mol. The second-order valence-corrected chi connectivity index (χ2v) is 6.88. The van der Waals surface area contributed by atoms with Crippen LogP contribution in [0.4, 0.5) is 16.2 Å². The summed E-state index contributed by atoms with van der Waals surface area (Å²) in [5, 5.41) is 7.21. The van der Waals surface area contributed by atoms with Gasteiger partial charge in [-0.3, -0.25) is 4.90 Å². The molecule has 2 N–H and O–H groups in total. The molecular formula is C17H23FN6. The summed E-state index contributed by atoms with van der Waals surface area (Å²) in [7, 11) is 1.83. The number of aromatic nitrogens is 3. The lowest BCUT2D eigenvalue weighted by Crippen LogP contribution is -2.31. The lowest BCUT2D eigenvalue weighted by molar-refractivity contribution is 0.279. The highest BCUT2D eigenvalue weighted by Crippen LogP contribution is 2.32. The van der Waals surface area contributed by atoms with Crippen LogP contribution >= 0.6 is 0 Å². The van der Waals surface area contributed by atoms with Crippen molar-refractivity contribution in [2.75, 3.05) is 30.8 Å². The Labute approximate surface area is 140 Å². The van der Waals surface area contributed by atoms with Gasteiger partial charge in [0, 0.05) is 31.9 Å². The summed E-state index contributed by atoms with van der Waals surface area (Å²) in [6, 6.07) is 2.33. The number of hydrogen-bond donors (Lipinski definition) is 2. The topological polar surface area (TPSA) is 66.0 Å². The Morgan fingerprint density at radius 3 is 2.67 bits per heavy atom. The van der Waals surface area contributed by atoms with Gasteiger partial charge in [0.2, 0.25) is 5.95 Å². The first-order chi connectivity index (χ1) is 11.5. The molecule has 128 valence electrons. The van der Waals surface area contributed by atoms with E-state index in [-0.39, 0.29) is 6.04 Å². The van der Waals surface area contributed by atoms with Gasteiger partial charge in [0.15, 0.2) is 5.65 Å². The molecule has 7 heteroatoms. The zero-order chi connectivity index (χ0) is 16.8. The molecule has 2 aromatic rings. The molecule has 1 saturated carbocycles. The van der Waals surface area contributed by atoms with E-state index in [9.17, 15) is 4.39 Å². The van der Waals surface area contributed by atoms with Crippen LogP contribution in [0.15, 0.2) is 6.07 Å². The highest BCUT2D eigenvalue weighted by atomic mass is 19.1. The van der Waals surface area contributed by atoms with Crippen molar-refractivity contribution >= 4 is 22.8 Å². The van der Waals surface area contributed by atoms with Crippen molar-refractivity contribution < 1.29 is 4.39 Å². The largest absolute Gasteiger partial charge is 0.372 e. The molecule has 2 atom stereocenters. The number of anilines is 2. The van der Waals surface area contributed by atoms with Gasteiger partial charge >= 0.3 is 0 Å². The Bertz CT molecular complexity index is 775. The maximum atomic E-state index is 14.3. The molecule has 2 aliphatic rings. The van der Waals surface area contributed by atoms with Gasteiger partial charge in [0.1, 0.15) is 12.0 Å². The summed E-state index contributed by atoms with van der Waals surface area (Å²) in [4.78, 5) is 15.8. The molecular weight excluding hydrogens is 307 g/mol. The Morgan fingerprint density at radius 2 is 1.96 bits per heavy atom. The van der Waals surface area contributed by atoms with E-state index in [2.05, 4.69) is 30.5 Å². The third-order valence-electron chi connectivity index (χ3n) is 4.88. The van der Waals surface area contributed by atoms with Crippen LogP contribution in [0.2, 0.25) is 0 Å². The number of pyridine rings is 1. The molecule has 3 heterocycles. The quantitative estimate of drug-likeness (QED) is 0.897. The van der Waals surface area contributed by atoms with Crippen molar-refractivity contribution in [1.29, 1.82) is 0 Å². The summed E-state index contributed by atoms with van der Waals surface area (Å²) in [5.41, 5.74) is 2.63. The van der Waals surface area contributed by atoms with Gasteiger partial charge in [-0.2, -0.15) is 9.97 Å². The first-order valence-corrected chi connectivity index (χ1v) is 8.53. The minimum Gasteiger partial charge on any atom is -0.372 e. The van der Waals surface area contributed by atoms with E-state index >= 15 is 0 Å². The third kappa shape index (κ3) is 2.77. The molecule has 0 amide bonds. The van der Waals surface area contributed by atoms with Crippen LogP contribution in [0.25, 0.3) is 11.0 Å². The number of rotatable bonds is 4. The third-order valence-corrected chi connectivity index (χ3v) is 4.88. The normalized spacial score (nSPS) is 24.5. The van der Waals surface area contributed by atoms with E-state index < -0.39 is 6.17 Å². The molecule has 2 aromatic heterocycles. The number of hydrogen-bond acceptors (Lipinski definition) is 6. The van der Waals surface area contributed by atoms with Gasteiger partial charge in [-0.1, -0.05) is 0 Å². The maximum absolute atomic E-state index is 14.3. The Balaban J connectivity index is 1.64. The van der Waals surface area contributed by atoms with Crippen molar-refractivity contribution in [1.82, 2.24) is 19.9 Å². The Morgan fingerprint density at radius 1 is 1.17 bits per heavy atom. The highest BCUT2D eigenvalue weighted by Gasteiger charge is 2.40. The van der Waals surface area contributed by atoms with Crippen molar-refractivity contribution in [3.63, 3.8) is 0 Å². The molecule has 6 nitrogen and oxygen atoms in total. The number of nitrogens with one attached hydrogen (secondary N) is 2. The highest BCUT2D eigenvalue weighted by molar-refractivity contribution is 5.90. The van der Waals surface area contributed by atoms with E-state index in [1.165, 1.54) is 12.8 Å². The Hall–Kier alpha value is -2.02. The van der Waals surface area contributed by atoms with Crippen molar-refractivity contribution in [2.45, 2.75) is 44.9 Å². The van der Waals surface area contributed by atoms with Crippen LogP contribution < -0.4 is 10.6 Å². The first-order valence-electron chi connectivity index (χ1n) is 8.53. The number of alkyl halides is 1. The molecule has 2 unspecified atom stereocenters. The molecule has 0 aromatic carbocycles. The zero-order valence-electron chi connectivity index (χ0n) is 14.3. The molecule has 0 spiro atoms. The van der Waals surface area contributed by atoms with E-state index in [1.807, 2.05) is 27.0 Å². The van der Waals surface area contributed by atoms with Crippen LogP contribution in [-0.4, -0.2) is 58.2 Å². The summed E-state index contributed by atoms with van der Waals surface area (Å²) < 4.78 is 14.3. The van der Waals surface area contributed by atoms with Gasteiger partial charge in [-0.15, -0.1) is 0 Å². The first kappa shape index (κ1) is 15.5. The van der Waals surface area contributed by atoms with Gasteiger partial charge in [0.05, 0.1) is 11.4 Å². The minimum atomic E-state index is -0.893. The Kier molecular flexibility index (Phi) is 3.75. The van der Waals surface area contributed by atoms with Crippen LogP contribution in [-0.2, 0) is 0 Å². The van der Waals surface area contributed by atoms with Crippen LogP contribution in [0.3, 0.4) is 0 Å². The standard InChI is InChI=1S/C17H23FN6/c1-9-6-10(2)20-16-14(9)15(19-3)22-17(23-16)21-13-8-24(7-12(13)18)11-4-5-11/h6,11-13H,4-5,7-8H2,1-3H3,(H2,19,20,21,22,23). The fourth-order valence-electron chi connectivity index (χ4n) is 3.56. The molecule has 1 saturated heterocycles. The van der Waals surface area contributed by atoms with E-state index in [1.54, 1.807) is 0 Å². The van der Waals surface area contributed by atoms with Crippen LogP contribution in [0.5, 0.6) is 0 Å². The average Bonchev–Trinajstić information content (AvgIpc) is 3.31. The average molecular weight is 330 g/mol. The molecule has 2 fully saturated rings. The van der Waals surface area contributed by atoms with E-state index in [0.717, 1.165) is 22.5 Å². The van der Waals surface area contributed by atoms with Crippen LogP contribution in [0, 0.1) is 13.8 Å². The summed E-state index contributed by atoms with van der Waals surface area (Å²) in [6.07, 6.45) is 1.49. The second kappa shape index (κ2) is 5.81. The van der Waals surface area contributed by atoms with Gasteiger partial charge in [-0.25, -0.2) is 9.37 Å². The van der Waals surface area contributed by atoms with Crippen molar-refractivity contribution in [3.05, 3.63) is 17.3 Å². The smallest absolute Gasteiger partial charge is 0.227 e. The number of aryl methyl sites for hydroxylation is 2. The van der Waals surface area contributed by atoms with Gasteiger partial charge < -0.3 is 10.6 Å². The summed E-state index contributed by atoms with van der Waals surface area (Å²) in [6.45, 7) is 5.19. The van der Waals surface area contributed by atoms with E-state index in [4.69, 9.17) is 0 Å². The molecule has 24 heavy (non-hydrogen) atoms. The monoisotopic (exact) mass is 330 g/mol. The number of halogens is 1. The second-order valence-electron chi connectivity index (χ2n) is 6.88. The lowest BCUT2D eigenvalue weighted by Gasteiger charge is -2.17. The van der Waals surface area contributed by atoms with Crippen molar-refractivity contribution in [2.24, 2.45) is 0 Å². The zero-order valence-corrected chi connectivity index (χ0v) is 14.3. The molecule has 1 aliphatic heterocycles. The van der Waals surface area contributed by atoms with Gasteiger partial charge in [0.25, 0.3) is 0 Å². The number of nitrogens with zero attached hydrogens (tertiary/aromatic N) is 4. The molecule has 4 rings (SSSR count). The molecule has 0 bridgehead atoms. The maximum Gasteiger partial charge on any atom is 0.227 e. The molecule has 0 radical (unpaired) electrons. The lowest BCUT2D eigenvalue weighted by atomic mass is 10.1. The number of likely N-dealkylation sites (tertiary alicyclic amines) is 1. The van der Waals surface area contributed by atoms with Gasteiger partial charge in [-0.05, 0) is 38.3 Å². The van der Waals surface area contributed by atoms with Crippen molar-refractivity contribution in [3.8, 4) is 0 Å². The SMILES string of the molecule is CNc1nc(NC2CN(C3CC3)CC2F)nc2nc(C)cc(C)c12. The van der Waals surface area contributed by atoms with E-state index in [0.29, 0.717) is 30.7 Å². The minimum absolute atomic E-state index is 0.265. The van der Waals surface area contributed by atoms with Crippen LogP contribution in [0.1, 0.15) is 24.1 Å².